The Kier molecular flexibility index (Phi) is 5.85. The van der Waals surface area contributed by atoms with E-state index in [4.69, 9.17) is 5.73 Å². The van der Waals surface area contributed by atoms with Crippen LogP contribution in [-0.4, -0.2) is 41.2 Å². The molecule has 0 aliphatic heterocycles. The van der Waals surface area contributed by atoms with Crippen molar-refractivity contribution in [1.82, 2.24) is 34.7 Å². The van der Waals surface area contributed by atoms with Crippen LogP contribution in [0.3, 0.4) is 0 Å². The molecular weight excluding hydrogens is 380 g/mol. The Morgan fingerprint density at radius 1 is 0.967 bits per heavy atom. The van der Waals surface area contributed by atoms with E-state index in [-0.39, 0.29) is 0 Å². The number of nitrogens with one attached hydrogen (secondary N) is 2. The maximum atomic E-state index is 5.54. The molecule has 4 rings (SSSR count). The van der Waals surface area contributed by atoms with Crippen LogP contribution in [-0.2, 0) is 6.54 Å². The lowest BCUT2D eigenvalue weighted by molar-refractivity contribution is 0.585. The van der Waals surface area contributed by atoms with Crippen LogP contribution < -0.4 is 16.4 Å². The third-order valence-corrected chi connectivity index (χ3v) is 4.17. The van der Waals surface area contributed by atoms with Gasteiger partial charge in [0.25, 0.3) is 0 Å². The molecule has 4 heterocycles. The van der Waals surface area contributed by atoms with Gasteiger partial charge in [-0.2, -0.15) is 10.1 Å². The monoisotopic (exact) mass is 402 g/mol. The Labute approximate surface area is 173 Å². The highest BCUT2D eigenvalue weighted by Crippen LogP contribution is 2.18. The zero-order valence-electron chi connectivity index (χ0n) is 16.5. The van der Waals surface area contributed by atoms with Gasteiger partial charge in [-0.05, 0) is 44.2 Å². The second-order valence-electron chi connectivity index (χ2n) is 6.58. The average Bonchev–Trinajstić information content (AvgIpc) is 3.20. The van der Waals surface area contributed by atoms with Crippen LogP contribution in [0.25, 0.3) is 11.5 Å². The smallest absolute Gasteiger partial charge is 0.229 e. The fourth-order valence-electron chi connectivity index (χ4n) is 2.77. The Bertz CT molecular complexity index is 1120. The van der Waals surface area contributed by atoms with E-state index in [9.17, 15) is 0 Å². The molecule has 0 bridgehead atoms. The number of anilines is 4. The summed E-state index contributed by atoms with van der Waals surface area (Å²) in [5, 5.41) is 10.6. The van der Waals surface area contributed by atoms with Crippen LogP contribution >= 0.6 is 0 Å². The van der Waals surface area contributed by atoms with Crippen molar-refractivity contribution >= 4 is 23.3 Å². The van der Waals surface area contributed by atoms with Crippen molar-refractivity contribution in [3.8, 4) is 11.5 Å². The predicted molar refractivity (Wildman–Crippen MR) is 114 cm³/mol. The second kappa shape index (κ2) is 9.05. The lowest BCUT2D eigenvalue weighted by atomic mass is 10.3. The molecule has 10 nitrogen and oxygen atoms in total. The molecule has 0 saturated carbocycles. The van der Waals surface area contributed by atoms with Gasteiger partial charge in [0.15, 0.2) is 5.82 Å². The number of nitrogens with two attached hydrogens (primary N) is 1. The maximum absolute atomic E-state index is 5.54. The molecular formula is C20H22N10. The molecule has 4 aromatic rings. The summed E-state index contributed by atoms with van der Waals surface area (Å²) in [6.07, 6.45) is 7.84. The van der Waals surface area contributed by atoms with Gasteiger partial charge in [0.2, 0.25) is 5.95 Å². The van der Waals surface area contributed by atoms with E-state index in [2.05, 4.69) is 40.7 Å². The number of nitrogens with zero attached hydrogens (tertiary/aromatic N) is 7. The summed E-state index contributed by atoms with van der Waals surface area (Å²) in [5.41, 5.74) is 7.97. The number of aryl methyl sites for hydroxylation is 2. The van der Waals surface area contributed by atoms with Crippen molar-refractivity contribution in [2.75, 3.05) is 17.2 Å². The number of aromatic nitrogens is 7. The Hall–Kier alpha value is -3.92. The molecule has 30 heavy (non-hydrogen) atoms. The minimum atomic E-state index is 0.452. The summed E-state index contributed by atoms with van der Waals surface area (Å²) >= 11 is 0. The average molecular weight is 402 g/mol. The Morgan fingerprint density at radius 3 is 2.63 bits per heavy atom. The van der Waals surface area contributed by atoms with E-state index in [0.29, 0.717) is 30.0 Å². The number of pyridine rings is 1. The first-order chi connectivity index (χ1) is 14.7. The highest BCUT2D eigenvalue weighted by molar-refractivity contribution is 5.58. The van der Waals surface area contributed by atoms with E-state index < -0.39 is 0 Å². The van der Waals surface area contributed by atoms with Crippen molar-refractivity contribution in [3.05, 3.63) is 60.8 Å². The molecule has 0 amide bonds. The molecule has 10 heteroatoms. The molecule has 0 aliphatic carbocycles. The van der Waals surface area contributed by atoms with Crippen molar-refractivity contribution in [2.24, 2.45) is 5.73 Å². The standard InChI is InChI=1S/C20H22N10/c1-14-4-2-5-16(25-14)19-22-9-6-17(28-19)27-18-7-10-23-20(29-18)26-15-12-24-30(13-15)11-3-8-21/h2,4-7,9-10,12-13H,3,8,11,21H2,1H3,(H2,22,23,26,27,28,29). The molecule has 0 unspecified atom stereocenters. The first kappa shape index (κ1) is 19.4. The quantitative estimate of drug-likeness (QED) is 0.407. The Morgan fingerprint density at radius 2 is 1.80 bits per heavy atom. The van der Waals surface area contributed by atoms with Crippen LogP contribution in [0.4, 0.5) is 23.3 Å². The predicted octanol–water partition coefficient (Wildman–Crippen LogP) is 2.67. The topological polar surface area (TPSA) is 132 Å². The summed E-state index contributed by atoms with van der Waals surface area (Å²) in [4.78, 5) is 22.1. The number of hydrogen-bond donors (Lipinski definition) is 3. The molecule has 0 atom stereocenters. The molecule has 4 N–H and O–H groups in total. The van der Waals surface area contributed by atoms with Gasteiger partial charge < -0.3 is 16.4 Å². The minimum absolute atomic E-state index is 0.452. The third kappa shape index (κ3) is 4.92. The van der Waals surface area contributed by atoms with E-state index in [1.807, 2.05) is 36.0 Å². The van der Waals surface area contributed by atoms with Crippen molar-refractivity contribution in [2.45, 2.75) is 19.9 Å². The van der Waals surface area contributed by atoms with Gasteiger partial charge in [-0.1, -0.05) is 6.07 Å². The van der Waals surface area contributed by atoms with Crippen LogP contribution in [0.2, 0.25) is 0 Å². The van der Waals surface area contributed by atoms with Crippen molar-refractivity contribution in [3.63, 3.8) is 0 Å². The summed E-state index contributed by atoms with van der Waals surface area (Å²) in [6, 6.07) is 9.29. The van der Waals surface area contributed by atoms with Crippen LogP contribution in [0, 0.1) is 6.92 Å². The molecule has 0 aliphatic rings. The van der Waals surface area contributed by atoms with Gasteiger partial charge in [-0.25, -0.2) is 19.9 Å². The molecule has 0 saturated heterocycles. The highest BCUT2D eigenvalue weighted by atomic mass is 15.3. The normalized spacial score (nSPS) is 10.7. The maximum Gasteiger partial charge on any atom is 0.229 e. The molecule has 0 spiro atoms. The van der Waals surface area contributed by atoms with Gasteiger partial charge in [0, 0.05) is 30.8 Å². The first-order valence-electron chi connectivity index (χ1n) is 9.56. The molecule has 0 fully saturated rings. The number of hydrogen-bond acceptors (Lipinski definition) is 9. The second-order valence-corrected chi connectivity index (χ2v) is 6.58. The van der Waals surface area contributed by atoms with E-state index in [1.165, 1.54) is 0 Å². The lowest BCUT2D eigenvalue weighted by Gasteiger charge is -2.08. The minimum Gasteiger partial charge on any atom is -0.330 e. The summed E-state index contributed by atoms with van der Waals surface area (Å²) in [6.45, 7) is 3.33. The lowest BCUT2D eigenvalue weighted by Crippen LogP contribution is -2.05. The van der Waals surface area contributed by atoms with E-state index >= 15 is 0 Å². The highest BCUT2D eigenvalue weighted by Gasteiger charge is 2.07. The van der Waals surface area contributed by atoms with Gasteiger partial charge >= 0.3 is 0 Å². The molecule has 0 aromatic carbocycles. The largest absolute Gasteiger partial charge is 0.330 e. The van der Waals surface area contributed by atoms with Crippen molar-refractivity contribution < 1.29 is 0 Å². The van der Waals surface area contributed by atoms with E-state index in [1.54, 1.807) is 30.7 Å². The van der Waals surface area contributed by atoms with Crippen LogP contribution in [0.15, 0.2) is 55.1 Å². The fraction of sp³-hybridized carbons (Fsp3) is 0.200. The summed E-state index contributed by atoms with van der Waals surface area (Å²) in [5.74, 6) is 2.21. The summed E-state index contributed by atoms with van der Waals surface area (Å²) < 4.78 is 1.83. The molecule has 4 aromatic heterocycles. The summed E-state index contributed by atoms with van der Waals surface area (Å²) in [7, 11) is 0. The SMILES string of the molecule is Cc1cccc(-c2nccc(Nc3ccnc(Nc4cnn(CCCN)c4)n3)n2)n1. The van der Waals surface area contributed by atoms with Gasteiger partial charge in [0.1, 0.15) is 17.3 Å². The third-order valence-electron chi connectivity index (χ3n) is 4.17. The Balaban J connectivity index is 1.47. The van der Waals surface area contributed by atoms with Crippen LogP contribution in [0.1, 0.15) is 12.1 Å². The van der Waals surface area contributed by atoms with Crippen molar-refractivity contribution in [1.29, 1.82) is 0 Å². The number of rotatable bonds is 8. The van der Waals surface area contributed by atoms with Gasteiger partial charge in [0.05, 0.1) is 11.9 Å². The first-order valence-corrected chi connectivity index (χ1v) is 9.56. The van der Waals surface area contributed by atoms with Crippen LogP contribution in [0.5, 0.6) is 0 Å². The molecule has 0 radical (unpaired) electrons. The zero-order chi connectivity index (χ0) is 20.8. The fourth-order valence-corrected chi connectivity index (χ4v) is 2.77. The zero-order valence-corrected chi connectivity index (χ0v) is 16.5. The van der Waals surface area contributed by atoms with Gasteiger partial charge in [-0.3, -0.25) is 4.68 Å². The van der Waals surface area contributed by atoms with E-state index in [0.717, 1.165) is 30.0 Å². The molecule has 152 valence electrons. The van der Waals surface area contributed by atoms with Gasteiger partial charge in [-0.15, -0.1) is 0 Å².